The van der Waals surface area contributed by atoms with Crippen molar-refractivity contribution in [2.24, 2.45) is 5.92 Å². The number of piperidine rings is 1. The fourth-order valence-corrected chi connectivity index (χ4v) is 3.18. The molecule has 0 unspecified atom stereocenters. The van der Waals surface area contributed by atoms with E-state index in [1.54, 1.807) is 0 Å². The normalized spacial score (nSPS) is 17.0. The Hall–Kier alpha value is -1.03. The molecule has 0 bridgehead atoms. The molecule has 1 fully saturated rings. The highest BCUT2D eigenvalue weighted by Crippen LogP contribution is 2.25. The molecule has 2 aromatic rings. The highest BCUT2D eigenvalue weighted by Gasteiger charge is 2.19. The average molecular weight is 309 g/mol. The summed E-state index contributed by atoms with van der Waals surface area (Å²) in [6, 6.07) is 8.32. The van der Waals surface area contributed by atoms with E-state index in [-0.39, 0.29) is 12.4 Å². The van der Waals surface area contributed by atoms with Gasteiger partial charge in [0, 0.05) is 17.5 Å². The van der Waals surface area contributed by atoms with Crippen LogP contribution in [0.25, 0.3) is 11.0 Å². The van der Waals surface area contributed by atoms with Crippen LogP contribution in [0.5, 0.6) is 0 Å². The summed E-state index contributed by atoms with van der Waals surface area (Å²) in [7, 11) is 2.04. The minimum Gasteiger partial charge on any atom is -0.464 e. The second-order valence-electron chi connectivity index (χ2n) is 5.87. The van der Waals surface area contributed by atoms with Gasteiger partial charge in [0.15, 0.2) is 0 Å². The van der Waals surface area contributed by atoms with E-state index in [2.05, 4.69) is 22.3 Å². The van der Waals surface area contributed by atoms with Crippen molar-refractivity contribution in [2.75, 3.05) is 26.7 Å². The molecular formula is C17H25ClN2O. The van der Waals surface area contributed by atoms with Crippen molar-refractivity contribution in [3.63, 3.8) is 0 Å². The Morgan fingerprint density at radius 3 is 2.76 bits per heavy atom. The van der Waals surface area contributed by atoms with Crippen molar-refractivity contribution >= 4 is 23.4 Å². The number of likely N-dealkylation sites (tertiary alicyclic amines) is 1. The second kappa shape index (κ2) is 7.83. The largest absolute Gasteiger partial charge is 0.464 e. The van der Waals surface area contributed by atoms with Crippen LogP contribution in [0.1, 0.15) is 24.8 Å². The molecule has 21 heavy (non-hydrogen) atoms. The molecule has 0 aliphatic carbocycles. The van der Waals surface area contributed by atoms with Crippen LogP contribution in [0.15, 0.2) is 34.9 Å². The zero-order valence-electron chi connectivity index (χ0n) is 12.7. The number of rotatable bonds is 5. The Labute approximate surface area is 133 Å². The van der Waals surface area contributed by atoms with Gasteiger partial charge in [-0.1, -0.05) is 18.2 Å². The summed E-state index contributed by atoms with van der Waals surface area (Å²) in [6.45, 7) is 4.61. The number of nitrogens with zero attached hydrogens (tertiary/aromatic N) is 1. The van der Waals surface area contributed by atoms with Crippen molar-refractivity contribution in [3.05, 3.63) is 36.1 Å². The quantitative estimate of drug-likeness (QED) is 0.913. The maximum atomic E-state index is 5.63. The van der Waals surface area contributed by atoms with Gasteiger partial charge in [-0.2, -0.15) is 0 Å². The number of halogens is 1. The van der Waals surface area contributed by atoms with Crippen LogP contribution in [0, 0.1) is 5.92 Å². The predicted octanol–water partition coefficient (Wildman–Crippen LogP) is 3.68. The molecule has 1 aromatic carbocycles. The molecule has 1 aromatic heterocycles. The highest BCUT2D eigenvalue weighted by atomic mass is 35.5. The molecule has 0 atom stereocenters. The van der Waals surface area contributed by atoms with Gasteiger partial charge in [-0.15, -0.1) is 12.4 Å². The zero-order chi connectivity index (χ0) is 13.8. The molecule has 116 valence electrons. The fraction of sp³-hybridized carbons (Fsp3) is 0.529. The van der Waals surface area contributed by atoms with Gasteiger partial charge in [0.2, 0.25) is 0 Å². The van der Waals surface area contributed by atoms with Gasteiger partial charge >= 0.3 is 0 Å². The van der Waals surface area contributed by atoms with Crippen LogP contribution in [0.3, 0.4) is 0 Å². The van der Waals surface area contributed by atoms with Crippen molar-refractivity contribution < 1.29 is 4.42 Å². The lowest BCUT2D eigenvalue weighted by atomic mass is 9.93. The van der Waals surface area contributed by atoms with Crippen LogP contribution in [0.2, 0.25) is 0 Å². The maximum absolute atomic E-state index is 5.63. The van der Waals surface area contributed by atoms with E-state index in [9.17, 15) is 0 Å². The molecular weight excluding hydrogens is 284 g/mol. The number of para-hydroxylation sites is 1. The first-order valence-corrected chi connectivity index (χ1v) is 7.69. The molecule has 2 heterocycles. The van der Waals surface area contributed by atoms with Gasteiger partial charge < -0.3 is 9.73 Å². The van der Waals surface area contributed by atoms with E-state index in [4.69, 9.17) is 4.42 Å². The number of furan rings is 1. The van der Waals surface area contributed by atoms with Crippen molar-refractivity contribution in [1.29, 1.82) is 0 Å². The molecule has 0 spiro atoms. The van der Waals surface area contributed by atoms with Crippen LogP contribution in [-0.2, 0) is 6.54 Å². The van der Waals surface area contributed by atoms with Gasteiger partial charge in [0.25, 0.3) is 0 Å². The molecule has 3 rings (SSSR count). The Bertz CT molecular complexity index is 546. The van der Waals surface area contributed by atoms with Crippen LogP contribution in [0.4, 0.5) is 0 Å². The summed E-state index contributed by atoms with van der Waals surface area (Å²) < 4.78 is 5.63. The van der Waals surface area contributed by atoms with Gasteiger partial charge in [-0.3, -0.25) is 4.90 Å². The molecule has 3 nitrogen and oxygen atoms in total. The lowest BCUT2D eigenvalue weighted by Crippen LogP contribution is -2.34. The Morgan fingerprint density at radius 1 is 1.24 bits per heavy atom. The van der Waals surface area contributed by atoms with Crippen molar-refractivity contribution in [2.45, 2.75) is 25.8 Å². The maximum Gasteiger partial charge on any atom is 0.134 e. The summed E-state index contributed by atoms with van der Waals surface area (Å²) in [4.78, 5) is 2.56. The number of nitrogens with one attached hydrogen (secondary N) is 1. The van der Waals surface area contributed by atoms with Gasteiger partial charge in [0.1, 0.15) is 5.58 Å². The summed E-state index contributed by atoms with van der Waals surface area (Å²) >= 11 is 0. The van der Waals surface area contributed by atoms with E-state index in [0.29, 0.717) is 0 Å². The van der Waals surface area contributed by atoms with Crippen LogP contribution in [-0.4, -0.2) is 31.6 Å². The van der Waals surface area contributed by atoms with Gasteiger partial charge in [0.05, 0.1) is 6.26 Å². The minimum atomic E-state index is 0. The fourth-order valence-electron chi connectivity index (χ4n) is 3.18. The summed E-state index contributed by atoms with van der Waals surface area (Å²) in [5.74, 6) is 0.903. The van der Waals surface area contributed by atoms with Crippen LogP contribution >= 0.6 is 12.4 Å². The minimum absolute atomic E-state index is 0. The lowest BCUT2D eigenvalue weighted by molar-refractivity contribution is 0.172. The Balaban J connectivity index is 0.00000161. The van der Waals surface area contributed by atoms with Crippen molar-refractivity contribution in [1.82, 2.24) is 10.2 Å². The molecule has 4 heteroatoms. The van der Waals surface area contributed by atoms with Crippen LogP contribution < -0.4 is 5.32 Å². The summed E-state index contributed by atoms with van der Waals surface area (Å²) in [5.41, 5.74) is 2.33. The van der Waals surface area contributed by atoms with E-state index >= 15 is 0 Å². The third-order valence-corrected chi connectivity index (χ3v) is 4.46. The number of hydrogen-bond acceptors (Lipinski definition) is 3. The monoisotopic (exact) mass is 308 g/mol. The first-order chi connectivity index (χ1) is 9.86. The summed E-state index contributed by atoms with van der Waals surface area (Å²) in [6.07, 6.45) is 5.91. The molecule has 1 N–H and O–H groups in total. The number of hydrogen-bond donors (Lipinski definition) is 1. The van der Waals surface area contributed by atoms with Gasteiger partial charge in [-0.25, -0.2) is 0 Å². The Kier molecular flexibility index (Phi) is 6.09. The topological polar surface area (TPSA) is 28.4 Å². The smallest absolute Gasteiger partial charge is 0.134 e. The Morgan fingerprint density at radius 2 is 2.00 bits per heavy atom. The van der Waals surface area contributed by atoms with Gasteiger partial charge in [-0.05, 0) is 57.9 Å². The zero-order valence-corrected chi connectivity index (χ0v) is 13.5. The lowest BCUT2D eigenvalue weighted by Gasteiger charge is -2.31. The first kappa shape index (κ1) is 16.3. The molecule has 0 amide bonds. The van der Waals surface area contributed by atoms with E-state index in [0.717, 1.165) is 24.6 Å². The molecule has 1 aliphatic rings. The molecule has 1 saturated heterocycles. The third kappa shape index (κ3) is 4.00. The van der Waals surface area contributed by atoms with E-state index in [1.165, 1.54) is 43.3 Å². The summed E-state index contributed by atoms with van der Waals surface area (Å²) in [5, 5.41) is 4.53. The second-order valence-corrected chi connectivity index (χ2v) is 5.87. The van der Waals surface area contributed by atoms with E-state index < -0.39 is 0 Å². The number of benzene rings is 1. The standard InChI is InChI=1S/C17H24N2O.ClH/c1-18-9-6-14-7-10-19(11-8-14)12-15-13-20-17-5-3-2-4-16(15)17;/h2-5,13-14,18H,6-12H2,1H3;1H. The molecule has 0 saturated carbocycles. The molecule has 0 radical (unpaired) electrons. The average Bonchev–Trinajstić information content (AvgIpc) is 2.90. The SMILES string of the molecule is CNCCC1CCN(Cc2coc3ccccc23)CC1.Cl. The van der Waals surface area contributed by atoms with Crippen molar-refractivity contribution in [3.8, 4) is 0 Å². The third-order valence-electron chi connectivity index (χ3n) is 4.46. The highest BCUT2D eigenvalue weighted by molar-refractivity contribution is 5.85. The first-order valence-electron chi connectivity index (χ1n) is 7.69. The van der Waals surface area contributed by atoms with E-state index in [1.807, 2.05) is 25.4 Å². The predicted molar refractivity (Wildman–Crippen MR) is 90.0 cm³/mol. The molecule has 1 aliphatic heterocycles. The number of fused-ring (bicyclic) bond motifs is 1.